The molecule has 3 rings (SSSR count). The summed E-state index contributed by atoms with van der Waals surface area (Å²) in [4.78, 5) is 13.6. The first-order valence-electron chi connectivity index (χ1n) is 6.13. The summed E-state index contributed by atoms with van der Waals surface area (Å²) < 4.78 is 5.68. The molecular formula is C13H15ClN2O2. The molecule has 0 spiro atoms. The molecule has 0 aromatic heterocycles. The maximum absolute atomic E-state index is 11.4. The van der Waals surface area contributed by atoms with Gasteiger partial charge in [0.25, 0.3) is 5.91 Å². The zero-order chi connectivity index (χ0) is 12.8. The van der Waals surface area contributed by atoms with Crippen molar-refractivity contribution in [2.24, 2.45) is 5.73 Å². The van der Waals surface area contributed by atoms with Gasteiger partial charge in [-0.15, -0.1) is 0 Å². The van der Waals surface area contributed by atoms with Gasteiger partial charge >= 0.3 is 0 Å². The average molecular weight is 267 g/mol. The summed E-state index contributed by atoms with van der Waals surface area (Å²) >= 11 is 5.89. The predicted molar refractivity (Wildman–Crippen MR) is 68.0 cm³/mol. The van der Waals surface area contributed by atoms with E-state index in [9.17, 15) is 4.79 Å². The molecule has 1 aromatic rings. The summed E-state index contributed by atoms with van der Waals surface area (Å²) in [5.41, 5.74) is 5.70. The number of rotatable bonds is 3. The third-order valence-electron chi connectivity index (χ3n) is 3.69. The third-order valence-corrected chi connectivity index (χ3v) is 3.94. The highest BCUT2D eigenvalue weighted by Gasteiger charge is 2.65. The molecule has 2 atom stereocenters. The smallest absolute Gasteiger partial charge is 0.251 e. The lowest BCUT2D eigenvalue weighted by Crippen LogP contribution is -2.39. The van der Waals surface area contributed by atoms with Crippen LogP contribution in [-0.2, 0) is 15.3 Å². The van der Waals surface area contributed by atoms with Crippen molar-refractivity contribution >= 4 is 17.5 Å². The number of amides is 1. The fraction of sp³-hybridized carbons (Fsp3) is 0.462. The van der Waals surface area contributed by atoms with Crippen LogP contribution in [-0.4, -0.2) is 30.0 Å². The van der Waals surface area contributed by atoms with Crippen LogP contribution < -0.4 is 5.73 Å². The Kier molecular flexibility index (Phi) is 2.81. The Morgan fingerprint density at radius 3 is 2.44 bits per heavy atom. The van der Waals surface area contributed by atoms with Crippen molar-refractivity contribution in [3.05, 3.63) is 34.9 Å². The van der Waals surface area contributed by atoms with E-state index in [1.54, 1.807) is 0 Å². The van der Waals surface area contributed by atoms with Crippen LogP contribution in [0.4, 0.5) is 0 Å². The molecule has 0 radical (unpaired) electrons. The molecule has 2 heterocycles. The summed E-state index contributed by atoms with van der Waals surface area (Å²) in [6.07, 6.45) is 1.71. The third kappa shape index (κ3) is 1.72. The van der Waals surface area contributed by atoms with Gasteiger partial charge in [-0.1, -0.05) is 23.7 Å². The molecule has 2 unspecified atom stereocenters. The fourth-order valence-electron chi connectivity index (χ4n) is 2.78. The van der Waals surface area contributed by atoms with Gasteiger partial charge in [0.2, 0.25) is 0 Å². The van der Waals surface area contributed by atoms with Crippen LogP contribution >= 0.6 is 11.6 Å². The van der Waals surface area contributed by atoms with Gasteiger partial charge in [0.1, 0.15) is 0 Å². The number of benzene rings is 1. The maximum atomic E-state index is 11.4. The van der Waals surface area contributed by atoms with E-state index in [0.717, 1.165) is 31.5 Å². The lowest BCUT2D eigenvalue weighted by Gasteiger charge is -2.24. The van der Waals surface area contributed by atoms with E-state index in [2.05, 4.69) is 4.90 Å². The van der Waals surface area contributed by atoms with Crippen LogP contribution in [0.2, 0.25) is 5.02 Å². The topological polar surface area (TPSA) is 58.9 Å². The monoisotopic (exact) mass is 266 g/mol. The molecule has 2 fully saturated rings. The van der Waals surface area contributed by atoms with E-state index < -0.39 is 17.7 Å². The van der Waals surface area contributed by atoms with Crippen LogP contribution in [0.5, 0.6) is 0 Å². The van der Waals surface area contributed by atoms with Gasteiger partial charge in [-0.05, 0) is 25.0 Å². The van der Waals surface area contributed by atoms with Crippen molar-refractivity contribution in [1.82, 2.24) is 4.90 Å². The maximum Gasteiger partial charge on any atom is 0.251 e. The van der Waals surface area contributed by atoms with Gasteiger partial charge in [0, 0.05) is 23.7 Å². The van der Waals surface area contributed by atoms with E-state index in [0.29, 0.717) is 5.02 Å². The minimum absolute atomic E-state index is 0.406. The van der Waals surface area contributed by atoms with Gasteiger partial charge in [0.15, 0.2) is 11.8 Å². The summed E-state index contributed by atoms with van der Waals surface area (Å²) in [6, 6.07) is 7.44. The molecule has 0 aliphatic carbocycles. The summed E-state index contributed by atoms with van der Waals surface area (Å²) in [5, 5.41) is 0.673. The van der Waals surface area contributed by atoms with Gasteiger partial charge in [0.05, 0.1) is 0 Å². The molecule has 2 aliphatic heterocycles. The Balaban J connectivity index is 1.96. The quantitative estimate of drug-likeness (QED) is 0.843. The van der Waals surface area contributed by atoms with Gasteiger partial charge in [-0.3, -0.25) is 9.69 Å². The van der Waals surface area contributed by atoms with Crippen LogP contribution in [0.25, 0.3) is 0 Å². The lowest BCUT2D eigenvalue weighted by molar-refractivity contribution is -0.119. The molecule has 96 valence electrons. The fourth-order valence-corrected chi connectivity index (χ4v) is 2.90. The molecule has 4 nitrogen and oxygen atoms in total. The van der Waals surface area contributed by atoms with E-state index in [1.165, 1.54) is 0 Å². The molecule has 0 bridgehead atoms. The zero-order valence-electron chi connectivity index (χ0n) is 9.93. The first-order chi connectivity index (χ1) is 8.64. The number of primary amides is 1. The van der Waals surface area contributed by atoms with Crippen LogP contribution in [0.15, 0.2) is 24.3 Å². The van der Waals surface area contributed by atoms with E-state index in [4.69, 9.17) is 22.1 Å². The molecule has 5 heteroatoms. The number of carbonyl (C=O) groups is 1. The molecule has 0 saturated carbocycles. The van der Waals surface area contributed by atoms with Gasteiger partial charge < -0.3 is 10.5 Å². The van der Waals surface area contributed by atoms with Crippen LogP contribution in [0.1, 0.15) is 18.4 Å². The van der Waals surface area contributed by atoms with E-state index in [-0.39, 0.29) is 0 Å². The Morgan fingerprint density at radius 1 is 1.33 bits per heavy atom. The Bertz CT molecular complexity index is 470. The molecular weight excluding hydrogens is 252 g/mol. The average Bonchev–Trinajstić information content (AvgIpc) is 2.88. The minimum atomic E-state index is -0.646. The standard InChI is InChI=1S/C13H15ClN2O2/c14-10-5-3-9(4-6-10)13(11(18-13)12(15)17)16-7-1-2-8-16/h3-6,11H,1-2,7-8H2,(H2,15,17). The van der Waals surface area contributed by atoms with Gasteiger partial charge in [-0.25, -0.2) is 0 Å². The Morgan fingerprint density at radius 2 is 1.94 bits per heavy atom. The number of nitrogens with two attached hydrogens (primary N) is 1. The highest BCUT2D eigenvalue weighted by atomic mass is 35.5. The predicted octanol–water partition coefficient (Wildman–Crippen LogP) is 1.47. The highest BCUT2D eigenvalue weighted by molar-refractivity contribution is 6.30. The normalized spacial score (nSPS) is 31.5. The van der Waals surface area contributed by atoms with Crippen molar-refractivity contribution < 1.29 is 9.53 Å². The molecule has 1 aromatic carbocycles. The summed E-state index contributed by atoms with van der Waals surface area (Å²) in [7, 11) is 0. The Labute approximate surface area is 111 Å². The van der Waals surface area contributed by atoms with E-state index in [1.807, 2.05) is 24.3 Å². The SMILES string of the molecule is NC(=O)C1OC1(c1ccc(Cl)cc1)N1CCCC1. The molecule has 18 heavy (non-hydrogen) atoms. The number of epoxide rings is 1. The van der Waals surface area contributed by atoms with Crippen molar-refractivity contribution in [1.29, 1.82) is 0 Å². The minimum Gasteiger partial charge on any atom is -0.367 e. The molecule has 2 N–H and O–H groups in total. The summed E-state index contributed by atoms with van der Waals surface area (Å²) in [5.74, 6) is -0.406. The number of ether oxygens (including phenoxy) is 1. The van der Waals surface area contributed by atoms with Crippen molar-refractivity contribution in [3.63, 3.8) is 0 Å². The lowest BCUT2D eigenvalue weighted by atomic mass is 10.0. The van der Waals surface area contributed by atoms with Crippen molar-refractivity contribution in [2.45, 2.75) is 24.7 Å². The second-order valence-corrected chi connectivity index (χ2v) is 5.23. The second-order valence-electron chi connectivity index (χ2n) is 4.80. The zero-order valence-corrected chi connectivity index (χ0v) is 10.7. The highest BCUT2D eigenvalue weighted by Crippen LogP contribution is 2.50. The molecule has 2 saturated heterocycles. The van der Waals surface area contributed by atoms with Crippen molar-refractivity contribution in [3.8, 4) is 0 Å². The number of likely N-dealkylation sites (tertiary alicyclic amines) is 1. The largest absolute Gasteiger partial charge is 0.367 e. The molecule has 2 aliphatic rings. The second kappa shape index (κ2) is 4.23. The van der Waals surface area contributed by atoms with Crippen molar-refractivity contribution in [2.75, 3.05) is 13.1 Å². The number of carbonyl (C=O) groups excluding carboxylic acids is 1. The van der Waals surface area contributed by atoms with Crippen LogP contribution in [0, 0.1) is 0 Å². The number of hydrogen-bond acceptors (Lipinski definition) is 3. The number of nitrogens with zero attached hydrogens (tertiary/aromatic N) is 1. The number of halogens is 1. The number of hydrogen-bond donors (Lipinski definition) is 1. The van der Waals surface area contributed by atoms with Gasteiger partial charge in [-0.2, -0.15) is 0 Å². The Hall–Kier alpha value is -1.10. The first kappa shape index (κ1) is 12.0. The van der Waals surface area contributed by atoms with Crippen LogP contribution in [0.3, 0.4) is 0 Å². The molecule has 1 amide bonds. The summed E-state index contributed by atoms with van der Waals surface area (Å²) in [6.45, 7) is 1.87. The van der Waals surface area contributed by atoms with E-state index >= 15 is 0 Å². The first-order valence-corrected chi connectivity index (χ1v) is 6.50.